The summed E-state index contributed by atoms with van der Waals surface area (Å²) in [4.78, 5) is 23.1. The molecule has 2 heterocycles. The van der Waals surface area contributed by atoms with Crippen LogP contribution in [0.5, 0.6) is 11.5 Å². The van der Waals surface area contributed by atoms with E-state index >= 15 is 0 Å². The molecule has 1 aliphatic heterocycles. The van der Waals surface area contributed by atoms with Gasteiger partial charge >= 0.3 is 103 Å². The number of carbonyl (C=O) groups excluding carboxylic acids is 2. The van der Waals surface area contributed by atoms with E-state index in [0.29, 0.717) is 26.2 Å². The minimum Gasteiger partial charge on any atom is -0.870 e. The zero-order valence-electron chi connectivity index (χ0n) is 18.8. The van der Waals surface area contributed by atoms with Gasteiger partial charge in [-0.15, -0.1) is 0 Å². The summed E-state index contributed by atoms with van der Waals surface area (Å²) in [5.41, 5.74) is 0.00296. The summed E-state index contributed by atoms with van der Waals surface area (Å²) >= 11 is 0. The summed E-state index contributed by atoms with van der Waals surface area (Å²) in [6, 6.07) is 0. The Kier molecular flexibility index (Phi) is 21.9. The Balaban J connectivity index is 0. The number of carboxylic acid groups (broad SMARTS) is 1. The Labute approximate surface area is 265 Å². The molecule has 0 aromatic carbocycles. The molecule has 0 radical (unpaired) electrons. The molecule has 0 spiro atoms. The van der Waals surface area contributed by atoms with Gasteiger partial charge in [0.1, 0.15) is 5.75 Å². The van der Waals surface area contributed by atoms with Crippen LogP contribution in [0.3, 0.4) is 0 Å². The van der Waals surface area contributed by atoms with Gasteiger partial charge < -0.3 is 34.2 Å². The molecule has 30 heavy (non-hydrogen) atoms. The molecule has 1 aromatic rings. The maximum Gasteiger partial charge on any atom is 1.00 e. The van der Waals surface area contributed by atoms with Crippen LogP contribution in [0.4, 0.5) is 0 Å². The fraction of sp³-hybridized carbons (Fsp3) is 0.714. The van der Waals surface area contributed by atoms with Gasteiger partial charge in [-0.3, -0.25) is 0 Å². The van der Waals surface area contributed by atoms with Crippen molar-refractivity contribution < 1.29 is 132 Å². The average molecular weight is 473 g/mol. The third kappa shape index (κ3) is 10.5. The number of fused-ring (bicyclic) bond motifs is 1. The van der Waals surface area contributed by atoms with Gasteiger partial charge in [-0.25, -0.2) is 0 Å². The first kappa shape index (κ1) is 33.4. The number of rotatable bonds is 13. The number of hydrogen-bond acceptors (Lipinski definition) is 6. The van der Waals surface area contributed by atoms with Crippen molar-refractivity contribution >= 4 is 12.3 Å². The largest absolute Gasteiger partial charge is 1.00 e. The Bertz CT molecular complexity index is 621. The number of carbonyl (C=O) groups is 1. The molecule has 9 heteroatoms. The number of aromatic carboxylic acids is 1. The molecule has 0 aliphatic carbocycles. The number of carboxylic acids is 1. The summed E-state index contributed by atoms with van der Waals surface area (Å²) in [6.45, 7) is 3.38. The Morgan fingerprint density at radius 1 is 0.933 bits per heavy atom. The first-order chi connectivity index (χ1) is 13.2. The van der Waals surface area contributed by atoms with Crippen LogP contribution < -0.4 is 117 Å². The third-order valence-corrected chi connectivity index (χ3v) is 4.98. The van der Waals surface area contributed by atoms with Crippen LogP contribution in [0.25, 0.3) is 0 Å². The van der Waals surface area contributed by atoms with Gasteiger partial charge in [0.05, 0.1) is 24.9 Å². The van der Waals surface area contributed by atoms with Crippen molar-refractivity contribution in [2.24, 2.45) is 0 Å². The van der Waals surface area contributed by atoms with Crippen molar-refractivity contribution in [1.29, 1.82) is 0 Å². The molecule has 1 aromatic heterocycles. The van der Waals surface area contributed by atoms with E-state index in [4.69, 9.17) is 9.47 Å². The first-order valence-electron chi connectivity index (χ1n) is 10.3. The van der Waals surface area contributed by atoms with Crippen molar-refractivity contribution in [3.05, 3.63) is 11.4 Å². The van der Waals surface area contributed by atoms with E-state index in [2.05, 4.69) is 6.92 Å². The van der Waals surface area contributed by atoms with Crippen molar-refractivity contribution in [2.45, 2.75) is 84.1 Å². The van der Waals surface area contributed by atoms with Crippen molar-refractivity contribution in [3.63, 3.8) is 0 Å². The molecule has 0 amide bonds. The number of hydrogen-bond donors (Lipinski definition) is 0. The van der Waals surface area contributed by atoms with E-state index < -0.39 is 5.97 Å². The van der Waals surface area contributed by atoms with Gasteiger partial charge in [0.15, 0.2) is 0 Å². The maximum absolute atomic E-state index is 11.6. The van der Waals surface area contributed by atoms with Crippen LogP contribution in [-0.4, -0.2) is 35.5 Å². The van der Waals surface area contributed by atoms with Crippen molar-refractivity contribution in [2.75, 3.05) is 13.2 Å². The predicted molar refractivity (Wildman–Crippen MR) is 103 cm³/mol. The second-order valence-electron chi connectivity index (χ2n) is 7.13. The molecule has 1 aliphatic rings. The molecule has 1 N–H and O–H groups in total. The topological polar surface area (TPSA) is 111 Å². The minimum absolute atomic E-state index is 0. The molecule has 7 nitrogen and oxygen atoms in total. The smallest absolute Gasteiger partial charge is 0.870 e. The summed E-state index contributed by atoms with van der Waals surface area (Å²) in [5, 5.41) is 11.6. The van der Waals surface area contributed by atoms with Gasteiger partial charge in [0.25, 0.3) is 0 Å². The molecule has 160 valence electrons. The Morgan fingerprint density at radius 2 is 1.43 bits per heavy atom. The Hall–Kier alpha value is 1.25. The monoisotopic (exact) mass is 472 g/mol. The number of unbranched alkanes of at least 4 members (excludes halogenated alkanes) is 9. The second kappa shape index (κ2) is 19.7. The van der Waals surface area contributed by atoms with Crippen molar-refractivity contribution in [1.82, 2.24) is 4.57 Å². The third-order valence-electron chi connectivity index (χ3n) is 4.98. The second-order valence-corrected chi connectivity index (χ2v) is 7.13. The fourth-order valence-electron chi connectivity index (χ4n) is 3.53. The van der Waals surface area contributed by atoms with Gasteiger partial charge in [0.2, 0.25) is 0 Å². The van der Waals surface area contributed by atoms with Crippen LogP contribution >= 0.6 is 0 Å². The molecule has 0 fully saturated rings. The standard InChI is InChI=1S/C21H32NO5.2K.H2O/c1-2-3-4-5-6-7-8-9-10-11-13-22-17(16-23)19-20(18(22)21(24)25)27-15-12-14-26-19;;;/h2-15H2,1H3,(H,24,25);;;1H2/q-1;2*+1;/p-2. The molecule has 0 unspecified atom stereocenters. The number of ether oxygens (including phenoxy) is 2. The van der Waals surface area contributed by atoms with Gasteiger partial charge in [-0.05, 0) is 12.1 Å². The van der Waals surface area contributed by atoms with E-state index in [-0.39, 0.29) is 131 Å². The molecular weight excluding hydrogens is 440 g/mol. The zero-order valence-corrected chi connectivity index (χ0v) is 25.1. The number of aromatic nitrogens is 1. The Morgan fingerprint density at radius 3 is 1.93 bits per heavy atom. The summed E-state index contributed by atoms with van der Waals surface area (Å²) in [5.74, 6) is -1.06. The molecule has 2 rings (SSSR count). The minimum atomic E-state index is -1.36. The van der Waals surface area contributed by atoms with Gasteiger partial charge in [0, 0.05) is 25.0 Å². The molecule has 0 saturated heterocycles. The fourth-order valence-corrected chi connectivity index (χ4v) is 3.53. The molecule has 0 atom stereocenters. The quantitative estimate of drug-likeness (QED) is 0.175. The average Bonchev–Trinajstić information content (AvgIpc) is 2.78. The number of nitrogens with zero attached hydrogens (tertiary/aromatic N) is 1. The normalized spacial score (nSPS) is 12.0. The zero-order chi connectivity index (χ0) is 19.5. The maximum atomic E-state index is 11.6. The first-order valence-corrected chi connectivity index (χ1v) is 10.3. The van der Waals surface area contributed by atoms with E-state index in [1.165, 1.54) is 49.5 Å². The van der Waals surface area contributed by atoms with Crippen LogP contribution in [0.2, 0.25) is 0 Å². The van der Waals surface area contributed by atoms with E-state index in [1.807, 2.05) is 6.29 Å². The van der Waals surface area contributed by atoms with Gasteiger partial charge in [-0.1, -0.05) is 64.7 Å². The van der Waals surface area contributed by atoms with Crippen LogP contribution in [-0.2, 0) is 11.3 Å². The van der Waals surface area contributed by atoms with E-state index in [9.17, 15) is 14.7 Å². The van der Waals surface area contributed by atoms with Crippen LogP contribution in [0.1, 0.15) is 93.7 Å². The van der Waals surface area contributed by atoms with Crippen LogP contribution in [0, 0.1) is 0 Å². The molecule has 0 saturated carbocycles. The molecular formula is C21H32K2NO6-. The molecule has 0 bridgehead atoms. The van der Waals surface area contributed by atoms with E-state index in [1.54, 1.807) is 0 Å². The van der Waals surface area contributed by atoms with Crippen LogP contribution in [0.15, 0.2) is 0 Å². The summed E-state index contributed by atoms with van der Waals surface area (Å²) < 4.78 is 12.5. The van der Waals surface area contributed by atoms with Crippen molar-refractivity contribution in [3.8, 4) is 11.5 Å². The van der Waals surface area contributed by atoms with Gasteiger partial charge in [-0.2, -0.15) is 0 Å². The van der Waals surface area contributed by atoms with E-state index in [0.717, 1.165) is 19.3 Å². The summed E-state index contributed by atoms with van der Waals surface area (Å²) in [6.07, 6.45) is 14.3. The SMILES string of the molecule is CCCCCCCCCCCCn1c([C-]=O)c2c(c1C(=O)[O-])OCCCO2.[K+].[K+].[OH-]. The summed E-state index contributed by atoms with van der Waals surface area (Å²) in [7, 11) is 0. The predicted octanol–water partition coefficient (Wildman–Crippen LogP) is -2.78.